The molecule has 2 fully saturated rings. The van der Waals surface area contributed by atoms with E-state index in [0.29, 0.717) is 6.04 Å². The molecule has 1 atom stereocenters. The fraction of sp³-hybridized carbons (Fsp3) is 0.900. The van der Waals surface area contributed by atoms with Gasteiger partial charge in [0.15, 0.2) is 0 Å². The third kappa shape index (κ3) is 3.44. The lowest BCUT2D eigenvalue weighted by atomic mass is 10.2. The van der Waals surface area contributed by atoms with Gasteiger partial charge in [-0.2, -0.15) is 0 Å². The van der Waals surface area contributed by atoms with Gasteiger partial charge in [0.25, 0.3) is 0 Å². The predicted octanol–water partition coefficient (Wildman–Crippen LogP) is -1.08. The molecule has 0 aromatic carbocycles. The molecular formula is C10H19N3O2. The lowest BCUT2D eigenvalue weighted by Crippen LogP contribution is -2.52. The molecule has 1 unspecified atom stereocenters. The number of hydrogen-bond acceptors (Lipinski definition) is 4. The van der Waals surface area contributed by atoms with Gasteiger partial charge in [-0.25, -0.2) is 0 Å². The summed E-state index contributed by atoms with van der Waals surface area (Å²) >= 11 is 0. The summed E-state index contributed by atoms with van der Waals surface area (Å²) in [6.07, 6.45) is 2.35. The first-order valence-electron chi connectivity index (χ1n) is 5.61. The zero-order valence-electron chi connectivity index (χ0n) is 8.95. The Morgan fingerprint density at radius 1 is 1.47 bits per heavy atom. The van der Waals surface area contributed by atoms with Crippen molar-refractivity contribution in [3.8, 4) is 0 Å². The average Bonchev–Trinajstić information content (AvgIpc) is 3.02. The monoisotopic (exact) mass is 213 g/mol. The number of nitrogens with two attached hydrogens (primary N) is 1. The van der Waals surface area contributed by atoms with Gasteiger partial charge in [-0.3, -0.25) is 9.69 Å². The Kier molecular flexibility index (Phi) is 3.56. The van der Waals surface area contributed by atoms with E-state index >= 15 is 0 Å². The molecule has 0 bridgehead atoms. The first kappa shape index (κ1) is 10.9. The molecule has 1 heterocycles. The van der Waals surface area contributed by atoms with Gasteiger partial charge in [-0.15, -0.1) is 0 Å². The summed E-state index contributed by atoms with van der Waals surface area (Å²) in [7, 11) is 0. The number of morpholine rings is 1. The summed E-state index contributed by atoms with van der Waals surface area (Å²) in [6, 6.07) is 0.319. The van der Waals surface area contributed by atoms with Gasteiger partial charge in [0, 0.05) is 25.7 Å². The van der Waals surface area contributed by atoms with E-state index in [0.717, 1.165) is 32.8 Å². The molecule has 15 heavy (non-hydrogen) atoms. The molecular weight excluding hydrogens is 194 g/mol. The van der Waals surface area contributed by atoms with Crippen molar-refractivity contribution in [2.24, 2.45) is 5.73 Å². The van der Waals surface area contributed by atoms with Crippen LogP contribution in [0.3, 0.4) is 0 Å². The van der Waals surface area contributed by atoms with Gasteiger partial charge in [-0.1, -0.05) is 0 Å². The third-order valence-electron chi connectivity index (χ3n) is 2.90. The van der Waals surface area contributed by atoms with E-state index in [1.165, 1.54) is 12.8 Å². The van der Waals surface area contributed by atoms with Crippen LogP contribution in [-0.4, -0.2) is 55.7 Å². The zero-order valence-corrected chi connectivity index (χ0v) is 8.95. The van der Waals surface area contributed by atoms with Crippen LogP contribution in [0.4, 0.5) is 0 Å². The second-order valence-corrected chi connectivity index (χ2v) is 4.31. The quantitative estimate of drug-likeness (QED) is 0.610. The summed E-state index contributed by atoms with van der Waals surface area (Å²) in [4.78, 5) is 13.5. The second kappa shape index (κ2) is 4.92. The standard InChI is InChI=1S/C10H19N3O2/c11-10(14)9(12-8-1-2-8)7-13-3-5-15-6-4-13/h8-9,12H,1-7H2,(H2,11,14). The Bertz CT molecular complexity index is 225. The normalized spacial score (nSPS) is 25.1. The highest BCUT2D eigenvalue weighted by Gasteiger charge is 2.28. The Labute approximate surface area is 89.9 Å². The van der Waals surface area contributed by atoms with E-state index < -0.39 is 0 Å². The molecule has 0 aromatic heterocycles. The maximum Gasteiger partial charge on any atom is 0.235 e. The van der Waals surface area contributed by atoms with E-state index in [1.807, 2.05) is 0 Å². The van der Waals surface area contributed by atoms with Crippen molar-refractivity contribution < 1.29 is 9.53 Å². The highest BCUT2D eigenvalue weighted by molar-refractivity contribution is 5.80. The molecule has 2 rings (SSSR count). The van der Waals surface area contributed by atoms with E-state index in [1.54, 1.807) is 0 Å². The van der Waals surface area contributed by atoms with E-state index in [2.05, 4.69) is 10.2 Å². The van der Waals surface area contributed by atoms with Crippen molar-refractivity contribution in [2.45, 2.75) is 24.9 Å². The van der Waals surface area contributed by atoms with Crippen LogP contribution in [0.2, 0.25) is 0 Å². The molecule has 1 saturated carbocycles. The lowest BCUT2D eigenvalue weighted by Gasteiger charge is -2.29. The van der Waals surface area contributed by atoms with Crippen molar-refractivity contribution >= 4 is 5.91 Å². The molecule has 1 aliphatic carbocycles. The molecule has 5 nitrogen and oxygen atoms in total. The van der Waals surface area contributed by atoms with Gasteiger partial charge >= 0.3 is 0 Å². The molecule has 0 aromatic rings. The van der Waals surface area contributed by atoms with E-state index in [9.17, 15) is 4.79 Å². The Morgan fingerprint density at radius 2 is 2.13 bits per heavy atom. The SMILES string of the molecule is NC(=O)C(CN1CCOCC1)NC1CC1. The molecule has 0 radical (unpaired) electrons. The summed E-state index contributed by atoms with van der Waals surface area (Å²) in [5.74, 6) is -0.242. The highest BCUT2D eigenvalue weighted by atomic mass is 16.5. The van der Waals surface area contributed by atoms with E-state index in [-0.39, 0.29) is 11.9 Å². The fourth-order valence-electron chi connectivity index (χ4n) is 1.80. The van der Waals surface area contributed by atoms with Crippen LogP contribution >= 0.6 is 0 Å². The molecule has 86 valence electrons. The molecule has 2 aliphatic rings. The second-order valence-electron chi connectivity index (χ2n) is 4.31. The number of hydrogen-bond donors (Lipinski definition) is 2. The highest BCUT2D eigenvalue weighted by Crippen LogP contribution is 2.19. The van der Waals surface area contributed by atoms with Crippen LogP contribution in [-0.2, 0) is 9.53 Å². The molecule has 0 spiro atoms. The Morgan fingerprint density at radius 3 is 2.67 bits per heavy atom. The fourth-order valence-corrected chi connectivity index (χ4v) is 1.80. The number of nitrogens with zero attached hydrogens (tertiary/aromatic N) is 1. The van der Waals surface area contributed by atoms with Crippen molar-refractivity contribution in [3.63, 3.8) is 0 Å². The molecule has 5 heteroatoms. The van der Waals surface area contributed by atoms with Crippen molar-refractivity contribution in [3.05, 3.63) is 0 Å². The van der Waals surface area contributed by atoms with Gasteiger partial charge in [-0.05, 0) is 12.8 Å². The van der Waals surface area contributed by atoms with Crippen LogP contribution in [0.25, 0.3) is 0 Å². The minimum atomic E-state index is -0.242. The number of nitrogens with one attached hydrogen (secondary N) is 1. The smallest absolute Gasteiger partial charge is 0.235 e. The summed E-state index contributed by atoms with van der Waals surface area (Å²) < 4.78 is 5.26. The zero-order chi connectivity index (χ0) is 10.7. The van der Waals surface area contributed by atoms with Crippen molar-refractivity contribution in [2.75, 3.05) is 32.8 Å². The van der Waals surface area contributed by atoms with Crippen LogP contribution in [0.5, 0.6) is 0 Å². The van der Waals surface area contributed by atoms with Gasteiger partial charge in [0.05, 0.1) is 19.3 Å². The minimum absolute atomic E-state index is 0.199. The first-order valence-corrected chi connectivity index (χ1v) is 5.61. The maximum absolute atomic E-state index is 11.2. The third-order valence-corrected chi connectivity index (χ3v) is 2.90. The minimum Gasteiger partial charge on any atom is -0.379 e. The van der Waals surface area contributed by atoms with Crippen molar-refractivity contribution in [1.82, 2.24) is 10.2 Å². The largest absolute Gasteiger partial charge is 0.379 e. The van der Waals surface area contributed by atoms with Crippen molar-refractivity contribution in [1.29, 1.82) is 0 Å². The number of rotatable bonds is 5. The summed E-state index contributed by atoms with van der Waals surface area (Å²) in [5, 5.41) is 3.28. The van der Waals surface area contributed by atoms with Gasteiger partial charge in [0.2, 0.25) is 5.91 Å². The summed E-state index contributed by atoms with van der Waals surface area (Å²) in [5.41, 5.74) is 5.37. The number of primary amides is 1. The average molecular weight is 213 g/mol. The predicted molar refractivity (Wildman–Crippen MR) is 56.4 cm³/mol. The first-order chi connectivity index (χ1) is 7.25. The number of ether oxygens (including phenoxy) is 1. The molecule has 3 N–H and O–H groups in total. The Balaban J connectivity index is 1.78. The Hall–Kier alpha value is -0.650. The van der Waals surface area contributed by atoms with Crippen LogP contribution in [0, 0.1) is 0 Å². The van der Waals surface area contributed by atoms with Crippen LogP contribution in [0.15, 0.2) is 0 Å². The van der Waals surface area contributed by atoms with Crippen LogP contribution < -0.4 is 11.1 Å². The van der Waals surface area contributed by atoms with Gasteiger partial charge in [0.1, 0.15) is 0 Å². The maximum atomic E-state index is 11.2. The topological polar surface area (TPSA) is 67.6 Å². The molecule has 1 aliphatic heterocycles. The van der Waals surface area contributed by atoms with Crippen LogP contribution in [0.1, 0.15) is 12.8 Å². The number of amides is 1. The lowest BCUT2D eigenvalue weighted by molar-refractivity contribution is -0.120. The molecule has 1 amide bonds. The molecule has 1 saturated heterocycles. The number of carbonyl (C=O) groups excluding carboxylic acids is 1. The number of carbonyl (C=O) groups is 1. The van der Waals surface area contributed by atoms with Gasteiger partial charge < -0.3 is 15.8 Å². The summed E-state index contributed by atoms with van der Waals surface area (Å²) in [6.45, 7) is 4.03. The van der Waals surface area contributed by atoms with E-state index in [4.69, 9.17) is 10.5 Å².